The Bertz CT molecular complexity index is 415. The molecule has 3 N–H and O–H groups in total. The van der Waals surface area contributed by atoms with Crippen LogP contribution in [0.5, 0.6) is 0 Å². The van der Waals surface area contributed by atoms with Crippen LogP contribution in [-0.4, -0.2) is 42.6 Å². The third-order valence-corrected chi connectivity index (χ3v) is 3.32. The van der Waals surface area contributed by atoms with E-state index in [9.17, 15) is 4.79 Å². The summed E-state index contributed by atoms with van der Waals surface area (Å²) in [6, 6.07) is 0. The number of aromatic nitrogens is 2. The highest BCUT2D eigenvalue weighted by atomic mass is 16.1. The molecule has 98 valence electrons. The Hall–Kier alpha value is -1.69. The van der Waals surface area contributed by atoms with Crippen molar-refractivity contribution in [3.8, 4) is 0 Å². The van der Waals surface area contributed by atoms with Crippen molar-refractivity contribution >= 4 is 11.7 Å². The van der Waals surface area contributed by atoms with Crippen molar-refractivity contribution in [3.63, 3.8) is 0 Å². The van der Waals surface area contributed by atoms with Crippen LogP contribution in [0.25, 0.3) is 0 Å². The van der Waals surface area contributed by atoms with E-state index in [0.717, 1.165) is 32.5 Å². The average Bonchev–Trinajstić information content (AvgIpc) is 2.40. The largest absolute Gasteiger partial charge is 0.364 e. The fourth-order valence-electron chi connectivity index (χ4n) is 2.37. The first-order chi connectivity index (χ1) is 8.72. The van der Waals surface area contributed by atoms with E-state index in [2.05, 4.69) is 20.2 Å². The van der Waals surface area contributed by atoms with Crippen LogP contribution in [0.3, 0.4) is 0 Å². The van der Waals surface area contributed by atoms with Gasteiger partial charge in [0.1, 0.15) is 0 Å². The monoisotopic (exact) mass is 249 g/mol. The molecule has 0 radical (unpaired) electrons. The summed E-state index contributed by atoms with van der Waals surface area (Å²) in [5.41, 5.74) is 5.59. The molecule has 0 aliphatic carbocycles. The van der Waals surface area contributed by atoms with Crippen molar-refractivity contribution in [3.05, 3.63) is 18.1 Å². The normalized spacial score (nSPS) is 16.8. The topological polar surface area (TPSA) is 84.1 Å². The number of carbonyl (C=O) groups excluding carboxylic acids is 1. The molecule has 0 aromatic carbocycles. The highest BCUT2D eigenvalue weighted by Gasteiger charge is 2.23. The number of nitrogens with two attached hydrogens (primary N) is 1. The summed E-state index contributed by atoms with van der Waals surface area (Å²) in [6.07, 6.45) is 5.28. The Balaban J connectivity index is 2.07. The minimum atomic E-state index is -0.518. The van der Waals surface area contributed by atoms with Crippen LogP contribution < -0.4 is 16.0 Å². The van der Waals surface area contributed by atoms with Gasteiger partial charge < -0.3 is 16.0 Å². The maximum absolute atomic E-state index is 11.3. The van der Waals surface area contributed by atoms with E-state index >= 15 is 0 Å². The van der Waals surface area contributed by atoms with E-state index in [1.165, 1.54) is 6.20 Å². The highest BCUT2D eigenvalue weighted by molar-refractivity contribution is 5.95. The van der Waals surface area contributed by atoms with Gasteiger partial charge in [0.25, 0.3) is 5.91 Å². The molecule has 0 unspecified atom stereocenters. The SMILES string of the molecule is CNCC1CCN(c2nccnc2C(N)=O)CC1. The van der Waals surface area contributed by atoms with Crippen LogP contribution in [0.15, 0.2) is 12.4 Å². The van der Waals surface area contributed by atoms with Gasteiger partial charge in [-0.25, -0.2) is 9.97 Å². The van der Waals surface area contributed by atoms with Crippen molar-refractivity contribution in [1.29, 1.82) is 0 Å². The lowest BCUT2D eigenvalue weighted by atomic mass is 9.97. The van der Waals surface area contributed by atoms with Gasteiger partial charge >= 0.3 is 0 Å². The molecule has 0 spiro atoms. The van der Waals surface area contributed by atoms with Gasteiger partial charge in [-0.2, -0.15) is 0 Å². The van der Waals surface area contributed by atoms with Crippen LogP contribution in [0, 0.1) is 5.92 Å². The van der Waals surface area contributed by atoms with Crippen molar-refractivity contribution in [2.24, 2.45) is 11.7 Å². The molecule has 1 aliphatic heterocycles. The van der Waals surface area contributed by atoms with Crippen LogP contribution in [-0.2, 0) is 0 Å². The van der Waals surface area contributed by atoms with Crippen molar-refractivity contribution in [1.82, 2.24) is 15.3 Å². The molecular formula is C12H19N5O. The van der Waals surface area contributed by atoms with Gasteiger partial charge in [0.2, 0.25) is 0 Å². The van der Waals surface area contributed by atoms with Crippen LogP contribution in [0.2, 0.25) is 0 Å². The molecule has 0 saturated carbocycles. The zero-order valence-electron chi connectivity index (χ0n) is 10.6. The second-order valence-electron chi connectivity index (χ2n) is 4.58. The summed E-state index contributed by atoms with van der Waals surface area (Å²) in [6.45, 7) is 2.83. The number of carbonyl (C=O) groups is 1. The molecular weight excluding hydrogens is 230 g/mol. The fourth-order valence-corrected chi connectivity index (χ4v) is 2.37. The first kappa shape index (κ1) is 12.8. The fraction of sp³-hybridized carbons (Fsp3) is 0.583. The first-order valence-electron chi connectivity index (χ1n) is 6.22. The number of hydrogen-bond acceptors (Lipinski definition) is 5. The highest BCUT2D eigenvalue weighted by Crippen LogP contribution is 2.22. The Morgan fingerprint density at radius 2 is 2.11 bits per heavy atom. The van der Waals surface area contributed by atoms with E-state index in [1.54, 1.807) is 6.20 Å². The maximum atomic E-state index is 11.3. The zero-order chi connectivity index (χ0) is 13.0. The molecule has 1 fully saturated rings. The zero-order valence-corrected chi connectivity index (χ0v) is 10.6. The number of nitrogens with zero attached hydrogens (tertiary/aromatic N) is 3. The second kappa shape index (κ2) is 5.77. The summed E-state index contributed by atoms with van der Waals surface area (Å²) in [7, 11) is 1.97. The first-order valence-corrected chi connectivity index (χ1v) is 6.22. The molecule has 0 bridgehead atoms. The summed E-state index contributed by atoms with van der Waals surface area (Å²) < 4.78 is 0. The van der Waals surface area contributed by atoms with Gasteiger partial charge in [-0.05, 0) is 32.4 Å². The van der Waals surface area contributed by atoms with Crippen LogP contribution >= 0.6 is 0 Å². The van der Waals surface area contributed by atoms with E-state index < -0.39 is 5.91 Å². The lowest BCUT2D eigenvalue weighted by molar-refractivity contribution is 0.0995. The van der Waals surface area contributed by atoms with Crippen LogP contribution in [0.4, 0.5) is 5.82 Å². The summed E-state index contributed by atoms with van der Waals surface area (Å²) in [5, 5.41) is 3.20. The molecule has 1 saturated heterocycles. The molecule has 6 nitrogen and oxygen atoms in total. The smallest absolute Gasteiger partial charge is 0.271 e. The third-order valence-electron chi connectivity index (χ3n) is 3.32. The van der Waals surface area contributed by atoms with Crippen LogP contribution in [0.1, 0.15) is 23.3 Å². The van der Waals surface area contributed by atoms with E-state index in [0.29, 0.717) is 11.7 Å². The van der Waals surface area contributed by atoms with Crippen molar-refractivity contribution in [2.75, 3.05) is 31.6 Å². The van der Waals surface area contributed by atoms with Gasteiger partial charge in [0.05, 0.1) is 0 Å². The molecule has 2 heterocycles. The number of nitrogens with one attached hydrogen (secondary N) is 1. The quantitative estimate of drug-likeness (QED) is 0.785. The molecule has 1 aromatic heterocycles. The minimum Gasteiger partial charge on any atom is -0.364 e. The van der Waals surface area contributed by atoms with Gasteiger partial charge in [-0.3, -0.25) is 4.79 Å². The average molecular weight is 249 g/mol. The summed E-state index contributed by atoms with van der Waals surface area (Å²) in [4.78, 5) is 21.7. The Morgan fingerprint density at radius 3 is 2.72 bits per heavy atom. The Kier molecular flexibility index (Phi) is 4.09. The molecule has 6 heteroatoms. The Morgan fingerprint density at radius 1 is 1.44 bits per heavy atom. The number of amides is 1. The lowest BCUT2D eigenvalue weighted by Crippen LogP contribution is -2.38. The van der Waals surface area contributed by atoms with Crippen molar-refractivity contribution in [2.45, 2.75) is 12.8 Å². The van der Waals surface area contributed by atoms with Gasteiger partial charge in [-0.1, -0.05) is 0 Å². The predicted octanol–water partition coefficient (Wildman–Crippen LogP) is 0.0113. The summed E-state index contributed by atoms with van der Waals surface area (Å²) >= 11 is 0. The standard InChI is InChI=1S/C12H19N5O/c1-14-8-9-2-6-17(7-3-9)12-10(11(13)18)15-4-5-16-12/h4-5,9,14H,2-3,6-8H2,1H3,(H2,13,18). The molecule has 1 amide bonds. The molecule has 2 rings (SSSR count). The number of primary amides is 1. The number of hydrogen-bond donors (Lipinski definition) is 2. The Labute approximate surface area is 107 Å². The van der Waals surface area contributed by atoms with Gasteiger partial charge in [-0.15, -0.1) is 0 Å². The third kappa shape index (κ3) is 2.76. The van der Waals surface area contributed by atoms with Crippen molar-refractivity contribution < 1.29 is 4.79 Å². The molecule has 18 heavy (non-hydrogen) atoms. The predicted molar refractivity (Wildman–Crippen MR) is 69.4 cm³/mol. The number of anilines is 1. The lowest BCUT2D eigenvalue weighted by Gasteiger charge is -2.33. The van der Waals surface area contributed by atoms with Gasteiger partial charge in [0.15, 0.2) is 11.5 Å². The van der Waals surface area contributed by atoms with E-state index in [-0.39, 0.29) is 5.69 Å². The number of rotatable bonds is 4. The molecule has 1 aromatic rings. The maximum Gasteiger partial charge on any atom is 0.271 e. The van der Waals surface area contributed by atoms with E-state index in [4.69, 9.17) is 5.73 Å². The second-order valence-corrected chi connectivity index (χ2v) is 4.58. The van der Waals surface area contributed by atoms with Gasteiger partial charge in [0, 0.05) is 25.5 Å². The summed E-state index contributed by atoms with van der Waals surface area (Å²) in [5.74, 6) is 0.795. The number of piperidine rings is 1. The van der Waals surface area contributed by atoms with E-state index in [1.807, 2.05) is 7.05 Å². The molecule has 1 aliphatic rings. The minimum absolute atomic E-state index is 0.268. The molecule has 0 atom stereocenters.